The van der Waals surface area contributed by atoms with E-state index in [2.05, 4.69) is 0 Å². The topological polar surface area (TPSA) is 29.5 Å². The summed E-state index contributed by atoms with van der Waals surface area (Å²) in [4.78, 5) is 0. The summed E-state index contributed by atoms with van der Waals surface area (Å²) in [5.74, 6) is -1.47. The monoisotopic (exact) mass is 278 g/mol. The van der Waals surface area contributed by atoms with E-state index in [1.807, 2.05) is 30.3 Å². The first-order valence-electron chi connectivity index (χ1n) is 6.45. The number of hydrogen-bond acceptors (Lipinski definition) is 2. The van der Waals surface area contributed by atoms with Crippen molar-refractivity contribution in [1.82, 2.24) is 0 Å². The van der Waals surface area contributed by atoms with Crippen molar-refractivity contribution in [3.05, 3.63) is 65.2 Å². The Hall–Kier alpha value is -1.94. The van der Waals surface area contributed by atoms with Crippen molar-refractivity contribution in [2.24, 2.45) is 0 Å². The molecule has 0 spiro atoms. The molecule has 4 heteroatoms. The zero-order valence-corrected chi connectivity index (χ0v) is 11.1. The van der Waals surface area contributed by atoms with Crippen molar-refractivity contribution in [3.8, 4) is 5.75 Å². The Bertz CT molecular complexity index is 547. The van der Waals surface area contributed by atoms with Crippen LogP contribution in [0.25, 0.3) is 0 Å². The van der Waals surface area contributed by atoms with Gasteiger partial charge in [0.15, 0.2) is 0 Å². The molecule has 1 N–H and O–H groups in total. The predicted molar refractivity (Wildman–Crippen MR) is 72.4 cm³/mol. The highest BCUT2D eigenvalue weighted by Crippen LogP contribution is 2.27. The first-order chi connectivity index (χ1) is 9.61. The minimum atomic E-state index is -1.14. The normalized spacial score (nSPS) is 12.2. The van der Waals surface area contributed by atoms with E-state index in [-0.39, 0.29) is 24.3 Å². The lowest BCUT2D eigenvalue weighted by Gasteiger charge is -2.13. The van der Waals surface area contributed by atoms with Crippen molar-refractivity contribution >= 4 is 0 Å². The first kappa shape index (κ1) is 14.5. The van der Waals surface area contributed by atoms with Crippen molar-refractivity contribution in [3.63, 3.8) is 0 Å². The zero-order valence-electron chi connectivity index (χ0n) is 11.1. The largest absolute Gasteiger partial charge is 0.489 e. The maximum Gasteiger partial charge on any atom is 0.135 e. The molecule has 2 nitrogen and oxygen atoms in total. The molecule has 0 saturated heterocycles. The molecule has 0 heterocycles. The number of hydrogen-bond donors (Lipinski definition) is 1. The highest BCUT2D eigenvalue weighted by atomic mass is 19.1. The lowest BCUT2D eigenvalue weighted by Crippen LogP contribution is -2.04. The van der Waals surface area contributed by atoms with Gasteiger partial charge in [0.25, 0.3) is 0 Å². The van der Waals surface area contributed by atoms with Crippen molar-refractivity contribution in [2.75, 3.05) is 0 Å². The van der Waals surface area contributed by atoms with Gasteiger partial charge in [0, 0.05) is 12.1 Å². The third kappa shape index (κ3) is 3.33. The van der Waals surface area contributed by atoms with Gasteiger partial charge in [0.05, 0.1) is 11.7 Å². The van der Waals surface area contributed by atoms with Gasteiger partial charge in [-0.2, -0.15) is 0 Å². The zero-order chi connectivity index (χ0) is 14.5. The predicted octanol–water partition coefficient (Wildman–Crippen LogP) is 3.99. The van der Waals surface area contributed by atoms with Crippen LogP contribution in [0.3, 0.4) is 0 Å². The Balaban J connectivity index is 2.14. The summed E-state index contributed by atoms with van der Waals surface area (Å²) in [7, 11) is 0. The summed E-state index contributed by atoms with van der Waals surface area (Å²) in [5, 5.41) is 9.57. The van der Waals surface area contributed by atoms with Crippen LogP contribution >= 0.6 is 0 Å². The van der Waals surface area contributed by atoms with E-state index < -0.39 is 17.7 Å². The Morgan fingerprint density at radius 2 is 1.70 bits per heavy atom. The molecule has 0 aliphatic heterocycles. The summed E-state index contributed by atoms with van der Waals surface area (Å²) >= 11 is 0. The van der Waals surface area contributed by atoms with Crippen molar-refractivity contribution in [1.29, 1.82) is 0 Å². The molecular weight excluding hydrogens is 262 g/mol. The van der Waals surface area contributed by atoms with E-state index in [4.69, 9.17) is 4.74 Å². The van der Waals surface area contributed by atoms with Gasteiger partial charge in [-0.05, 0) is 12.0 Å². The fourth-order valence-corrected chi connectivity index (χ4v) is 1.91. The van der Waals surface area contributed by atoms with Gasteiger partial charge in [-0.3, -0.25) is 0 Å². The molecule has 0 fully saturated rings. The minimum Gasteiger partial charge on any atom is -0.489 e. The minimum absolute atomic E-state index is 0.107. The summed E-state index contributed by atoms with van der Waals surface area (Å²) in [6.07, 6.45) is -0.893. The molecule has 1 atom stereocenters. The van der Waals surface area contributed by atoms with Gasteiger partial charge in [-0.15, -0.1) is 0 Å². The molecule has 0 radical (unpaired) electrons. The molecule has 0 amide bonds. The van der Waals surface area contributed by atoms with Crippen LogP contribution in [-0.4, -0.2) is 5.11 Å². The first-order valence-corrected chi connectivity index (χ1v) is 6.45. The second-order valence-electron chi connectivity index (χ2n) is 4.50. The van der Waals surface area contributed by atoms with E-state index in [1.54, 1.807) is 6.92 Å². The lowest BCUT2D eigenvalue weighted by atomic mass is 10.1. The van der Waals surface area contributed by atoms with Gasteiger partial charge < -0.3 is 9.84 Å². The van der Waals surface area contributed by atoms with Crippen LogP contribution in [0.4, 0.5) is 8.78 Å². The summed E-state index contributed by atoms with van der Waals surface area (Å²) in [5.41, 5.74) is 0.602. The highest BCUT2D eigenvalue weighted by Gasteiger charge is 2.18. The Labute approximate surface area is 116 Å². The molecule has 0 bridgehead atoms. The smallest absolute Gasteiger partial charge is 0.135 e. The van der Waals surface area contributed by atoms with E-state index >= 15 is 0 Å². The Morgan fingerprint density at radius 3 is 2.25 bits per heavy atom. The van der Waals surface area contributed by atoms with Crippen LogP contribution in [0.1, 0.15) is 30.6 Å². The molecule has 2 aromatic carbocycles. The van der Waals surface area contributed by atoms with Crippen LogP contribution in [0, 0.1) is 11.6 Å². The maximum atomic E-state index is 13.8. The summed E-state index contributed by atoms with van der Waals surface area (Å²) in [6, 6.07) is 11.5. The van der Waals surface area contributed by atoms with Crippen LogP contribution in [0.2, 0.25) is 0 Å². The van der Waals surface area contributed by atoms with E-state index in [0.29, 0.717) is 0 Å². The molecular formula is C16H16F2O2. The molecule has 0 aliphatic rings. The van der Waals surface area contributed by atoms with E-state index in [0.717, 1.165) is 17.7 Å². The molecule has 2 rings (SSSR count). The van der Waals surface area contributed by atoms with Crippen LogP contribution in [0.15, 0.2) is 42.5 Å². The van der Waals surface area contributed by atoms with Gasteiger partial charge in [0.1, 0.15) is 24.0 Å². The molecule has 0 saturated carbocycles. The van der Waals surface area contributed by atoms with Crippen LogP contribution in [-0.2, 0) is 6.61 Å². The fraction of sp³-hybridized carbons (Fsp3) is 0.250. The molecule has 1 unspecified atom stereocenters. The quantitative estimate of drug-likeness (QED) is 0.896. The average Bonchev–Trinajstić information content (AvgIpc) is 2.45. The van der Waals surface area contributed by atoms with E-state index in [9.17, 15) is 13.9 Å². The molecule has 20 heavy (non-hydrogen) atoms. The van der Waals surface area contributed by atoms with Gasteiger partial charge in [0.2, 0.25) is 0 Å². The molecule has 106 valence electrons. The van der Waals surface area contributed by atoms with Crippen molar-refractivity contribution < 1.29 is 18.6 Å². The van der Waals surface area contributed by atoms with Crippen LogP contribution in [0.5, 0.6) is 5.75 Å². The number of aliphatic hydroxyl groups excluding tert-OH is 1. The number of halogens is 2. The average molecular weight is 278 g/mol. The number of aliphatic hydroxyl groups is 1. The molecule has 2 aromatic rings. The Kier molecular flexibility index (Phi) is 4.69. The number of ether oxygens (including phenoxy) is 1. The molecule has 0 aliphatic carbocycles. The standard InChI is InChI=1S/C16H16F2O2/c1-2-15(19)16-13(17)8-12(9-14(16)18)20-10-11-6-4-3-5-7-11/h3-9,15,19H,2,10H2,1H3. The van der Waals surface area contributed by atoms with Gasteiger partial charge in [-0.1, -0.05) is 37.3 Å². The fourth-order valence-electron chi connectivity index (χ4n) is 1.91. The lowest BCUT2D eigenvalue weighted by molar-refractivity contribution is 0.163. The Morgan fingerprint density at radius 1 is 1.10 bits per heavy atom. The van der Waals surface area contributed by atoms with Gasteiger partial charge in [-0.25, -0.2) is 8.78 Å². The maximum absolute atomic E-state index is 13.8. The number of rotatable bonds is 5. The second-order valence-corrected chi connectivity index (χ2v) is 4.50. The molecule has 0 aromatic heterocycles. The SMILES string of the molecule is CCC(O)c1c(F)cc(OCc2ccccc2)cc1F. The van der Waals surface area contributed by atoms with Gasteiger partial charge >= 0.3 is 0 Å². The second kappa shape index (κ2) is 6.48. The highest BCUT2D eigenvalue weighted by molar-refractivity contribution is 5.32. The third-order valence-corrected chi connectivity index (χ3v) is 3.02. The number of benzene rings is 2. The third-order valence-electron chi connectivity index (χ3n) is 3.02. The van der Waals surface area contributed by atoms with E-state index in [1.165, 1.54) is 0 Å². The summed E-state index contributed by atoms with van der Waals surface area (Å²) in [6.45, 7) is 1.89. The summed E-state index contributed by atoms with van der Waals surface area (Å²) < 4.78 is 32.9. The van der Waals surface area contributed by atoms with Crippen molar-refractivity contribution in [2.45, 2.75) is 26.1 Å². The van der Waals surface area contributed by atoms with Crippen LogP contribution < -0.4 is 4.74 Å².